The first-order valence-corrected chi connectivity index (χ1v) is 10.6. The van der Waals surface area contributed by atoms with E-state index in [2.05, 4.69) is 38.4 Å². The van der Waals surface area contributed by atoms with Crippen LogP contribution < -0.4 is 10.2 Å². The van der Waals surface area contributed by atoms with E-state index in [9.17, 15) is 4.79 Å². The number of hydrogen-bond donors (Lipinski definition) is 1. The number of benzene rings is 1. The van der Waals surface area contributed by atoms with Crippen molar-refractivity contribution in [3.05, 3.63) is 78.9 Å². The molecule has 0 atom stereocenters. The fourth-order valence-corrected chi connectivity index (χ4v) is 4.09. The molecule has 31 heavy (non-hydrogen) atoms. The third-order valence-corrected chi connectivity index (χ3v) is 5.79. The number of anilines is 1. The first kappa shape index (κ1) is 19.2. The van der Waals surface area contributed by atoms with Crippen LogP contribution in [0.4, 0.5) is 5.82 Å². The van der Waals surface area contributed by atoms with E-state index in [-0.39, 0.29) is 11.8 Å². The number of pyridine rings is 1. The summed E-state index contributed by atoms with van der Waals surface area (Å²) in [5, 5.41) is 7.76. The van der Waals surface area contributed by atoms with Gasteiger partial charge in [0.25, 0.3) is 0 Å². The third kappa shape index (κ3) is 4.12. The molecule has 0 spiro atoms. The molecular weight excluding hydrogens is 388 g/mol. The van der Waals surface area contributed by atoms with Gasteiger partial charge in [0.15, 0.2) is 5.82 Å². The summed E-state index contributed by atoms with van der Waals surface area (Å²) in [7, 11) is 0. The lowest BCUT2D eigenvalue weighted by atomic mass is 9.95. The Morgan fingerprint density at radius 3 is 2.68 bits per heavy atom. The Balaban J connectivity index is 1.26. The SMILES string of the molecule is O=C(NCc1cccnc1)C1CCN(c2nccn3nc(-c4ccccc4)cc23)CC1. The van der Waals surface area contributed by atoms with Crippen molar-refractivity contribution in [2.24, 2.45) is 5.92 Å². The molecule has 1 N–H and O–H groups in total. The first-order valence-electron chi connectivity index (χ1n) is 10.6. The van der Waals surface area contributed by atoms with Gasteiger partial charge in [-0.15, -0.1) is 0 Å². The second kappa shape index (κ2) is 8.55. The Bertz CT molecular complexity index is 1170. The zero-order chi connectivity index (χ0) is 21.0. The van der Waals surface area contributed by atoms with Crippen LogP contribution in [0.5, 0.6) is 0 Å². The van der Waals surface area contributed by atoms with Crippen molar-refractivity contribution in [1.82, 2.24) is 24.9 Å². The minimum Gasteiger partial charge on any atom is -0.355 e. The smallest absolute Gasteiger partial charge is 0.223 e. The number of amides is 1. The van der Waals surface area contributed by atoms with E-state index < -0.39 is 0 Å². The zero-order valence-electron chi connectivity index (χ0n) is 17.2. The summed E-state index contributed by atoms with van der Waals surface area (Å²) in [6.07, 6.45) is 8.80. The average molecular weight is 412 g/mol. The maximum atomic E-state index is 12.6. The predicted molar refractivity (Wildman–Crippen MR) is 119 cm³/mol. The van der Waals surface area contributed by atoms with Gasteiger partial charge >= 0.3 is 0 Å². The Kier molecular flexibility index (Phi) is 5.31. The molecule has 0 unspecified atom stereocenters. The molecule has 3 aromatic heterocycles. The molecule has 5 rings (SSSR count). The lowest BCUT2D eigenvalue weighted by Crippen LogP contribution is -2.40. The lowest BCUT2D eigenvalue weighted by molar-refractivity contribution is -0.125. The third-order valence-electron chi connectivity index (χ3n) is 5.79. The zero-order valence-corrected chi connectivity index (χ0v) is 17.2. The van der Waals surface area contributed by atoms with Crippen molar-refractivity contribution in [3.8, 4) is 11.3 Å². The highest BCUT2D eigenvalue weighted by Crippen LogP contribution is 2.28. The van der Waals surface area contributed by atoms with Gasteiger partial charge < -0.3 is 10.2 Å². The van der Waals surface area contributed by atoms with Gasteiger partial charge in [0.05, 0.1) is 5.69 Å². The molecule has 156 valence electrons. The highest BCUT2D eigenvalue weighted by Gasteiger charge is 2.26. The van der Waals surface area contributed by atoms with Crippen molar-refractivity contribution >= 4 is 17.2 Å². The van der Waals surface area contributed by atoms with E-state index in [1.54, 1.807) is 18.6 Å². The number of aromatic nitrogens is 4. The molecule has 4 heterocycles. The Labute approximate surface area is 180 Å². The van der Waals surface area contributed by atoms with Crippen molar-refractivity contribution < 1.29 is 4.79 Å². The molecule has 1 amide bonds. The van der Waals surface area contributed by atoms with Crippen LogP contribution in [0.15, 0.2) is 73.3 Å². The minimum absolute atomic E-state index is 0.0254. The van der Waals surface area contributed by atoms with Gasteiger partial charge in [0, 0.05) is 55.9 Å². The molecule has 1 aliphatic rings. The van der Waals surface area contributed by atoms with Crippen LogP contribution >= 0.6 is 0 Å². The van der Waals surface area contributed by atoms with Crippen molar-refractivity contribution in [1.29, 1.82) is 0 Å². The maximum Gasteiger partial charge on any atom is 0.223 e. The van der Waals surface area contributed by atoms with Gasteiger partial charge in [-0.1, -0.05) is 36.4 Å². The second-order valence-electron chi connectivity index (χ2n) is 7.82. The number of rotatable bonds is 5. The van der Waals surface area contributed by atoms with Gasteiger partial charge in [-0.2, -0.15) is 5.10 Å². The normalized spacial score (nSPS) is 14.6. The van der Waals surface area contributed by atoms with E-state index in [1.165, 1.54) is 0 Å². The second-order valence-corrected chi connectivity index (χ2v) is 7.82. The average Bonchev–Trinajstić information content (AvgIpc) is 3.28. The molecule has 0 saturated carbocycles. The van der Waals surface area contributed by atoms with Crippen LogP contribution in [0.25, 0.3) is 16.8 Å². The van der Waals surface area contributed by atoms with Crippen molar-refractivity contribution in [2.45, 2.75) is 19.4 Å². The van der Waals surface area contributed by atoms with E-state index in [0.717, 1.165) is 54.1 Å². The van der Waals surface area contributed by atoms with E-state index in [4.69, 9.17) is 5.10 Å². The van der Waals surface area contributed by atoms with E-state index in [0.29, 0.717) is 6.54 Å². The molecule has 1 aliphatic heterocycles. The number of nitrogens with zero attached hydrogens (tertiary/aromatic N) is 5. The molecule has 7 nitrogen and oxygen atoms in total. The number of carbonyl (C=O) groups is 1. The molecule has 4 aromatic rings. The minimum atomic E-state index is 0.0254. The summed E-state index contributed by atoms with van der Waals surface area (Å²) in [4.78, 5) is 23.6. The summed E-state index contributed by atoms with van der Waals surface area (Å²) < 4.78 is 1.89. The van der Waals surface area contributed by atoms with Gasteiger partial charge in [-0.25, -0.2) is 9.50 Å². The van der Waals surface area contributed by atoms with Crippen LogP contribution in [-0.4, -0.2) is 38.6 Å². The largest absolute Gasteiger partial charge is 0.355 e. The molecule has 7 heteroatoms. The van der Waals surface area contributed by atoms with Crippen LogP contribution in [0, 0.1) is 5.92 Å². The van der Waals surface area contributed by atoms with Crippen molar-refractivity contribution in [3.63, 3.8) is 0 Å². The highest BCUT2D eigenvalue weighted by molar-refractivity contribution is 5.79. The van der Waals surface area contributed by atoms with Crippen LogP contribution in [-0.2, 0) is 11.3 Å². The number of piperidine rings is 1. The van der Waals surface area contributed by atoms with Gasteiger partial charge in [-0.3, -0.25) is 9.78 Å². The standard InChI is InChI=1S/C24H24N6O/c31-24(27-17-18-5-4-10-25-16-18)20-8-12-29(13-9-20)23-22-15-21(19-6-2-1-3-7-19)28-30(22)14-11-26-23/h1-7,10-11,14-16,20H,8-9,12-13,17H2,(H,27,31). The van der Waals surface area contributed by atoms with Crippen LogP contribution in [0.3, 0.4) is 0 Å². The molecule has 1 fully saturated rings. The van der Waals surface area contributed by atoms with Crippen LogP contribution in [0.2, 0.25) is 0 Å². The summed E-state index contributed by atoms with van der Waals surface area (Å²) in [6.45, 7) is 2.11. The van der Waals surface area contributed by atoms with Gasteiger partial charge in [0.1, 0.15) is 5.52 Å². The summed E-state index contributed by atoms with van der Waals surface area (Å²) in [6, 6.07) is 16.1. The fraction of sp³-hybridized carbons (Fsp3) is 0.250. The fourth-order valence-electron chi connectivity index (χ4n) is 4.09. The number of carbonyl (C=O) groups excluding carboxylic acids is 1. The topological polar surface area (TPSA) is 75.4 Å². The Morgan fingerprint density at radius 2 is 1.90 bits per heavy atom. The number of fused-ring (bicyclic) bond motifs is 1. The molecule has 1 aromatic carbocycles. The molecular formula is C24H24N6O. The first-order chi connectivity index (χ1) is 15.3. The van der Waals surface area contributed by atoms with Crippen LogP contribution in [0.1, 0.15) is 18.4 Å². The maximum absolute atomic E-state index is 12.6. The Hall–Kier alpha value is -3.74. The molecule has 0 radical (unpaired) electrons. The molecule has 0 aliphatic carbocycles. The highest BCUT2D eigenvalue weighted by atomic mass is 16.1. The van der Waals surface area contributed by atoms with Gasteiger partial charge in [-0.05, 0) is 30.5 Å². The lowest BCUT2D eigenvalue weighted by Gasteiger charge is -2.32. The monoisotopic (exact) mass is 412 g/mol. The van der Waals surface area contributed by atoms with E-state index in [1.807, 2.05) is 41.0 Å². The summed E-state index contributed by atoms with van der Waals surface area (Å²) in [5.41, 5.74) is 4.01. The summed E-state index contributed by atoms with van der Waals surface area (Å²) in [5.74, 6) is 1.06. The quantitative estimate of drug-likeness (QED) is 0.544. The molecule has 0 bridgehead atoms. The predicted octanol–water partition coefficient (Wildman–Crippen LogP) is 3.32. The molecule has 1 saturated heterocycles. The Morgan fingerprint density at radius 1 is 1.06 bits per heavy atom. The summed E-state index contributed by atoms with van der Waals surface area (Å²) >= 11 is 0. The number of nitrogens with one attached hydrogen (secondary N) is 1. The van der Waals surface area contributed by atoms with Crippen molar-refractivity contribution in [2.75, 3.05) is 18.0 Å². The van der Waals surface area contributed by atoms with Gasteiger partial charge in [0.2, 0.25) is 5.91 Å². The number of hydrogen-bond acceptors (Lipinski definition) is 5. The van der Waals surface area contributed by atoms with E-state index >= 15 is 0 Å².